The smallest absolute Gasteiger partial charge is 0.182 e. The Labute approximate surface area is 153 Å². The first-order valence-corrected chi connectivity index (χ1v) is 8.25. The minimum Gasteiger partial charge on any atom is -0.373 e. The molecule has 0 radical (unpaired) electrons. The van der Waals surface area contributed by atoms with Crippen LogP contribution in [-0.2, 0) is 0 Å². The van der Waals surface area contributed by atoms with Crippen LogP contribution in [0.3, 0.4) is 0 Å². The van der Waals surface area contributed by atoms with Gasteiger partial charge in [0.25, 0.3) is 0 Å². The molecule has 0 spiro atoms. The van der Waals surface area contributed by atoms with Gasteiger partial charge in [-0.1, -0.05) is 29.8 Å². The van der Waals surface area contributed by atoms with Crippen molar-refractivity contribution >= 4 is 28.3 Å². The van der Waals surface area contributed by atoms with Crippen molar-refractivity contribution in [1.29, 1.82) is 0 Å². The Morgan fingerprint density at radius 1 is 1.08 bits per heavy atom. The second-order valence-corrected chi connectivity index (χ2v) is 5.98. The zero-order valence-corrected chi connectivity index (χ0v) is 14.5. The molecule has 4 aromatic rings. The molecule has 0 aliphatic carbocycles. The minimum absolute atomic E-state index is 0.0847. The van der Waals surface area contributed by atoms with Crippen molar-refractivity contribution in [2.45, 2.75) is 0 Å². The highest BCUT2D eigenvalue weighted by Crippen LogP contribution is 2.31. The molecular weight excluding hydrogens is 353 g/mol. The molecule has 128 valence electrons. The maximum Gasteiger partial charge on any atom is 0.182 e. The van der Waals surface area contributed by atoms with Crippen molar-refractivity contribution in [2.24, 2.45) is 0 Å². The second-order valence-electron chi connectivity index (χ2n) is 5.57. The first-order chi connectivity index (χ1) is 12.7. The van der Waals surface area contributed by atoms with Gasteiger partial charge in [0.1, 0.15) is 17.3 Å². The number of hydrogen-bond acceptors (Lipinski definition) is 5. The van der Waals surface area contributed by atoms with Crippen LogP contribution in [0.2, 0.25) is 5.02 Å². The Bertz CT molecular complexity index is 1100. The van der Waals surface area contributed by atoms with E-state index in [4.69, 9.17) is 11.6 Å². The number of halogens is 2. The van der Waals surface area contributed by atoms with Crippen molar-refractivity contribution in [2.75, 3.05) is 12.4 Å². The molecule has 0 aliphatic heterocycles. The third-order valence-electron chi connectivity index (χ3n) is 3.99. The molecule has 0 fully saturated rings. The molecule has 26 heavy (non-hydrogen) atoms. The van der Waals surface area contributed by atoms with E-state index in [2.05, 4.69) is 25.3 Å². The Hall–Kier alpha value is -3.12. The van der Waals surface area contributed by atoms with Gasteiger partial charge in [-0.15, -0.1) is 0 Å². The molecule has 0 saturated carbocycles. The van der Waals surface area contributed by atoms with Gasteiger partial charge < -0.3 is 5.32 Å². The number of hydrogen-bond donors (Lipinski definition) is 1. The van der Waals surface area contributed by atoms with Gasteiger partial charge in [0.15, 0.2) is 5.82 Å². The lowest BCUT2D eigenvalue weighted by Crippen LogP contribution is -2.00. The molecule has 0 bridgehead atoms. The number of nitrogens with zero attached hydrogens (tertiary/aromatic N) is 4. The summed E-state index contributed by atoms with van der Waals surface area (Å²) in [5, 5.41) is 3.98. The van der Waals surface area contributed by atoms with Gasteiger partial charge in [0.2, 0.25) is 0 Å². The molecule has 2 heterocycles. The third-order valence-corrected chi connectivity index (χ3v) is 4.28. The normalized spacial score (nSPS) is 10.9. The Kier molecular flexibility index (Phi) is 4.18. The van der Waals surface area contributed by atoms with Crippen LogP contribution in [0, 0.1) is 5.82 Å². The van der Waals surface area contributed by atoms with Crippen LogP contribution in [0.5, 0.6) is 0 Å². The summed E-state index contributed by atoms with van der Waals surface area (Å²) in [5.41, 5.74) is 2.33. The fourth-order valence-corrected chi connectivity index (χ4v) is 2.92. The second kappa shape index (κ2) is 6.65. The monoisotopic (exact) mass is 365 g/mol. The van der Waals surface area contributed by atoms with Gasteiger partial charge in [-0.2, -0.15) is 0 Å². The molecule has 2 aromatic carbocycles. The summed E-state index contributed by atoms with van der Waals surface area (Å²) < 4.78 is 14.4. The fraction of sp³-hybridized carbons (Fsp3) is 0.0526. The first-order valence-electron chi connectivity index (χ1n) is 7.87. The average molecular weight is 366 g/mol. The summed E-state index contributed by atoms with van der Waals surface area (Å²) >= 11 is 5.91. The molecule has 5 nitrogen and oxygen atoms in total. The third kappa shape index (κ3) is 2.84. The molecule has 0 aliphatic rings. The summed E-state index contributed by atoms with van der Waals surface area (Å²) in [4.78, 5) is 17.4. The van der Waals surface area contributed by atoms with E-state index in [0.29, 0.717) is 34.0 Å². The number of nitrogens with one attached hydrogen (secondary N) is 1. The van der Waals surface area contributed by atoms with Crippen LogP contribution in [0.4, 0.5) is 10.2 Å². The van der Waals surface area contributed by atoms with Crippen LogP contribution in [0.1, 0.15) is 0 Å². The van der Waals surface area contributed by atoms with E-state index >= 15 is 0 Å². The van der Waals surface area contributed by atoms with Crippen molar-refractivity contribution in [3.05, 3.63) is 65.8 Å². The van der Waals surface area contributed by atoms with E-state index in [-0.39, 0.29) is 5.02 Å². The lowest BCUT2D eigenvalue weighted by atomic mass is 10.0. The minimum atomic E-state index is -0.453. The van der Waals surface area contributed by atoms with Crippen LogP contribution in [0.15, 0.2) is 55.0 Å². The predicted octanol–water partition coefficient (Wildman–Crippen LogP) is 4.59. The zero-order valence-electron chi connectivity index (χ0n) is 13.7. The molecule has 0 atom stereocenters. The highest BCUT2D eigenvalue weighted by Gasteiger charge is 2.13. The fourth-order valence-electron chi connectivity index (χ4n) is 2.74. The van der Waals surface area contributed by atoms with Crippen LogP contribution in [0.25, 0.3) is 33.5 Å². The summed E-state index contributed by atoms with van der Waals surface area (Å²) in [5.74, 6) is 0.651. The van der Waals surface area contributed by atoms with Gasteiger partial charge in [0.05, 0.1) is 16.7 Å². The number of aromatic nitrogens is 4. The van der Waals surface area contributed by atoms with Gasteiger partial charge in [0, 0.05) is 30.4 Å². The molecule has 2 aromatic heterocycles. The maximum atomic E-state index is 14.4. The highest BCUT2D eigenvalue weighted by atomic mass is 35.5. The average Bonchev–Trinajstić information content (AvgIpc) is 2.69. The number of benzene rings is 2. The van der Waals surface area contributed by atoms with Gasteiger partial charge in [-0.25, -0.2) is 19.3 Å². The Morgan fingerprint density at radius 3 is 2.73 bits per heavy atom. The topological polar surface area (TPSA) is 63.6 Å². The SMILES string of the molecule is CNc1nc(-c2cnccn2)nc2cc(-c3cccc(Cl)c3F)ccc12. The van der Waals surface area contributed by atoms with Crippen LogP contribution in [-0.4, -0.2) is 27.0 Å². The Balaban J connectivity index is 1.93. The number of anilines is 1. The van der Waals surface area contributed by atoms with E-state index in [1.807, 2.05) is 18.2 Å². The molecule has 0 unspecified atom stereocenters. The molecule has 0 saturated heterocycles. The standard InChI is InChI=1S/C19H13ClFN5/c1-22-18-13-6-5-11(12-3-2-4-14(20)17(12)21)9-15(13)25-19(26-18)16-10-23-7-8-24-16/h2-10H,1H3,(H,22,25,26). The predicted molar refractivity (Wildman–Crippen MR) is 101 cm³/mol. The first kappa shape index (κ1) is 16.4. The van der Waals surface area contributed by atoms with Gasteiger partial charge in [-0.3, -0.25) is 4.98 Å². The van der Waals surface area contributed by atoms with Crippen molar-refractivity contribution in [3.63, 3.8) is 0 Å². The largest absolute Gasteiger partial charge is 0.373 e. The summed E-state index contributed by atoms with van der Waals surface area (Å²) in [6, 6.07) is 10.4. The van der Waals surface area contributed by atoms with E-state index in [1.54, 1.807) is 37.8 Å². The van der Waals surface area contributed by atoms with Gasteiger partial charge in [-0.05, 0) is 23.8 Å². The Morgan fingerprint density at radius 2 is 1.96 bits per heavy atom. The maximum absolute atomic E-state index is 14.4. The molecule has 4 rings (SSSR count). The van der Waals surface area contributed by atoms with Crippen LogP contribution >= 0.6 is 11.6 Å². The molecule has 0 amide bonds. The quantitative estimate of drug-likeness (QED) is 0.575. The summed E-state index contributed by atoms with van der Waals surface area (Å²) in [7, 11) is 1.78. The van der Waals surface area contributed by atoms with Gasteiger partial charge >= 0.3 is 0 Å². The lowest BCUT2D eigenvalue weighted by molar-refractivity contribution is 0.632. The van der Waals surface area contributed by atoms with E-state index in [9.17, 15) is 4.39 Å². The zero-order chi connectivity index (χ0) is 18.1. The van der Waals surface area contributed by atoms with Crippen LogP contribution < -0.4 is 5.32 Å². The molecule has 7 heteroatoms. The van der Waals surface area contributed by atoms with E-state index < -0.39 is 5.82 Å². The number of rotatable bonds is 3. The summed E-state index contributed by atoms with van der Waals surface area (Å²) in [6.45, 7) is 0. The van der Waals surface area contributed by atoms with E-state index in [1.165, 1.54) is 6.07 Å². The van der Waals surface area contributed by atoms with Crippen molar-refractivity contribution < 1.29 is 4.39 Å². The van der Waals surface area contributed by atoms with Crippen molar-refractivity contribution in [3.8, 4) is 22.6 Å². The molecular formula is C19H13ClFN5. The van der Waals surface area contributed by atoms with E-state index in [0.717, 1.165) is 5.39 Å². The molecule has 1 N–H and O–H groups in total. The van der Waals surface area contributed by atoms with Crippen molar-refractivity contribution in [1.82, 2.24) is 19.9 Å². The summed E-state index contributed by atoms with van der Waals surface area (Å²) in [6.07, 6.45) is 4.77. The highest BCUT2D eigenvalue weighted by molar-refractivity contribution is 6.31. The number of fused-ring (bicyclic) bond motifs is 1. The lowest BCUT2D eigenvalue weighted by Gasteiger charge is -2.10.